The summed E-state index contributed by atoms with van der Waals surface area (Å²) >= 11 is 0. The number of Topliss-reactive ketones (excluding diaryl/α,β-unsaturated/α-hetero) is 1. The highest BCUT2D eigenvalue weighted by molar-refractivity contribution is 7.90. The number of nitrogens with zero attached hydrogens (tertiary/aromatic N) is 2. The largest absolute Gasteiger partial charge is 0.355 e. The van der Waals surface area contributed by atoms with Gasteiger partial charge in [-0.25, -0.2) is 0 Å². The third-order valence-electron chi connectivity index (χ3n) is 3.23. The Morgan fingerprint density at radius 3 is 2.50 bits per heavy atom. The molecule has 0 unspecified atom stereocenters. The third kappa shape index (κ3) is 1.73. The van der Waals surface area contributed by atoms with Gasteiger partial charge in [0.1, 0.15) is 10.7 Å². The standard InChI is InChI=1S/C12H12N2O3S/c15-9-5-7-14(8-6-9)12-10-3-1-2-4-11(10)18(16,17)13-12/h1-4H,5-8H2. The maximum atomic E-state index is 11.9. The van der Waals surface area contributed by atoms with E-state index >= 15 is 0 Å². The van der Waals surface area contributed by atoms with Crippen molar-refractivity contribution in [3.63, 3.8) is 0 Å². The van der Waals surface area contributed by atoms with Crippen LogP contribution in [0, 0.1) is 0 Å². The maximum absolute atomic E-state index is 11.9. The van der Waals surface area contributed by atoms with Crippen molar-refractivity contribution < 1.29 is 13.2 Å². The van der Waals surface area contributed by atoms with Crippen LogP contribution in [0.4, 0.5) is 0 Å². The zero-order valence-corrected chi connectivity index (χ0v) is 10.5. The van der Waals surface area contributed by atoms with Gasteiger partial charge in [-0.1, -0.05) is 12.1 Å². The van der Waals surface area contributed by atoms with Crippen LogP contribution in [0.5, 0.6) is 0 Å². The number of ketones is 1. The van der Waals surface area contributed by atoms with Crippen LogP contribution < -0.4 is 0 Å². The Bertz CT molecular complexity index is 639. The number of hydrogen-bond acceptors (Lipinski definition) is 4. The van der Waals surface area contributed by atoms with Crippen molar-refractivity contribution in [1.82, 2.24) is 4.90 Å². The molecule has 0 aromatic heterocycles. The summed E-state index contributed by atoms with van der Waals surface area (Å²) in [6, 6.07) is 6.81. The van der Waals surface area contributed by atoms with E-state index in [4.69, 9.17) is 0 Å². The number of rotatable bonds is 0. The molecule has 2 heterocycles. The number of carbonyl (C=O) groups excluding carboxylic acids is 1. The van der Waals surface area contributed by atoms with Gasteiger partial charge in [-0.05, 0) is 12.1 Å². The lowest BCUT2D eigenvalue weighted by Gasteiger charge is -2.27. The van der Waals surface area contributed by atoms with Crippen LogP contribution in [0.3, 0.4) is 0 Å². The molecule has 0 bridgehead atoms. The van der Waals surface area contributed by atoms with Crippen molar-refractivity contribution in [2.75, 3.05) is 13.1 Å². The van der Waals surface area contributed by atoms with E-state index in [1.54, 1.807) is 24.3 Å². The van der Waals surface area contributed by atoms with Crippen LogP contribution in [0.2, 0.25) is 0 Å². The zero-order valence-electron chi connectivity index (χ0n) is 9.67. The van der Waals surface area contributed by atoms with Gasteiger partial charge in [0.25, 0.3) is 10.0 Å². The molecule has 0 spiro atoms. The van der Waals surface area contributed by atoms with E-state index in [9.17, 15) is 13.2 Å². The second-order valence-electron chi connectivity index (χ2n) is 4.41. The van der Waals surface area contributed by atoms with Gasteiger partial charge in [0.2, 0.25) is 0 Å². The molecule has 5 nitrogen and oxygen atoms in total. The first kappa shape index (κ1) is 11.4. The summed E-state index contributed by atoms with van der Waals surface area (Å²) in [6.07, 6.45) is 0.919. The summed E-state index contributed by atoms with van der Waals surface area (Å²) < 4.78 is 27.6. The van der Waals surface area contributed by atoms with Gasteiger partial charge in [0.15, 0.2) is 5.84 Å². The summed E-state index contributed by atoms with van der Waals surface area (Å²) in [5.74, 6) is 0.707. The highest BCUT2D eigenvalue weighted by atomic mass is 32.2. The molecular formula is C12H12N2O3S. The SMILES string of the molecule is O=C1CCN(C2=NS(=O)(=O)c3ccccc32)CC1. The summed E-state index contributed by atoms with van der Waals surface area (Å²) in [5.41, 5.74) is 0.645. The zero-order chi connectivity index (χ0) is 12.8. The number of benzene rings is 1. The molecule has 0 saturated carbocycles. The molecular weight excluding hydrogens is 252 g/mol. The highest BCUT2D eigenvalue weighted by Gasteiger charge is 2.32. The quantitative estimate of drug-likeness (QED) is 0.695. The van der Waals surface area contributed by atoms with E-state index in [1.165, 1.54) is 0 Å². The highest BCUT2D eigenvalue weighted by Crippen LogP contribution is 2.28. The number of amidine groups is 1. The molecule has 1 fully saturated rings. The minimum atomic E-state index is -3.56. The van der Waals surface area contributed by atoms with Crippen molar-refractivity contribution in [2.24, 2.45) is 4.40 Å². The number of piperidine rings is 1. The lowest BCUT2D eigenvalue weighted by atomic mass is 10.1. The fourth-order valence-corrected chi connectivity index (χ4v) is 3.51. The molecule has 0 atom stereocenters. The van der Waals surface area contributed by atoms with Gasteiger partial charge in [-0.2, -0.15) is 8.42 Å². The summed E-state index contributed by atoms with van der Waals surface area (Å²) in [4.78, 5) is 13.4. The Morgan fingerprint density at radius 2 is 1.78 bits per heavy atom. The molecule has 1 aromatic carbocycles. The van der Waals surface area contributed by atoms with Crippen LogP contribution in [0.15, 0.2) is 33.6 Å². The van der Waals surface area contributed by atoms with Gasteiger partial charge in [-0.15, -0.1) is 4.40 Å². The van der Waals surface area contributed by atoms with Crippen molar-refractivity contribution in [3.05, 3.63) is 29.8 Å². The minimum absolute atomic E-state index is 0.223. The first-order valence-corrected chi connectivity index (χ1v) is 7.23. The van der Waals surface area contributed by atoms with E-state index in [0.717, 1.165) is 0 Å². The molecule has 0 amide bonds. The number of hydrogen-bond donors (Lipinski definition) is 0. The van der Waals surface area contributed by atoms with Crippen molar-refractivity contribution in [1.29, 1.82) is 0 Å². The fourth-order valence-electron chi connectivity index (χ4n) is 2.28. The lowest BCUT2D eigenvalue weighted by Crippen LogP contribution is -2.38. The van der Waals surface area contributed by atoms with E-state index in [-0.39, 0.29) is 10.7 Å². The molecule has 18 heavy (non-hydrogen) atoms. The minimum Gasteiger partial charge on any atom is -0.355 e. The van der Waals surface area contributed by atoms with Crippen molar-refractivity contribution in [3.8, 4) is 0 Å². The average molecular weight is 264 g/mol. The van der Waals surface area contributed by atoms with Crippen LogP contribution in [-0.4, -0.2) is 38.0 Å². The Balaban J connectivity index is 2.02. The molecule has 1 aromatic rings. The number of likely N-dealkylation sites (tertiary alicyclic amines) is 1. The van der Waals surface area contributed by atoms with Gasteiger partial charge >= 0.3 is 0 Å². The van der Waals surface area contributed by atoms with Gasteiger partial charge in [0, 0.05) is 31.5 Å². The van der Waals surface area contributed by atoms with Crippen molar-refractivity contribution >= 4 is 21.6 Å². The Labute approximate surface area is 105 Å². The van der Waals surface area contributed by atoms with E-state index < -0.39 is 10.0 Å². The van der Waals surface area contributed by atoms with Gasteiger partial charge in [0.05, 0.1) is 0 Å². The molecule has 0 N–H and O–H groups in total. The van der Waals surface area contributed by atoms with Gasteiger partial charge < -0.3 is 4.90 Å². The molecule has 6 heteroatoms. The predicted octanol–water partition coefficient (Wildman–Crippen LogP) is 0.800. The molecule has 94 valence electrons. The monoisotopic (exact) mass is 264 g/mol. The number of carbonyl (C=O) groups is 1. The average Bonchev–Trinajstić information content (AvgIpc) is 2.63. The Hall–Kier alpha value is -1.69. The second-order valence-corrected chi connectivity index (χ2v) is 5.98. The van der Waals surface area contributed by atoms with Crippen LogP contribution in [0.1, 0.15) is 18.4 Å². The second kappa shape index (κ2) is 3.91. The van der Waals surface area contributed by atoms with Crippen LogP contribution in [0.25, 0.3) is 0 Å². The predicted molar refractivity (Wildman–Crippen MR) is 66.0 cm³/mol. The lowest BCUT2D eigenvalue weighted by molar-refractivity contribution is -0.120. The smallest absolute Gasteiger partial charge is 0.285 e. The molecule has 3 rings (SSSR count). The topological polar surface area (TPSA) is 66.8 Å². The first-order chi connectivity index (χ1) is 8.58. The van der Waals surface area contributed by atoms with Crippen LogP contribution in [-0.2, 0) is 14.8 Å². The Kier molecular flexibility index (Phi) is 2.48. The summed E-state index contributed by atoms with van der Waals surface area (Å²) in [6.45, 7) is 1.09. The van der Waals surface area contributed by atoms with Crippen molar-refractivity contribution in [2.45, 2.75) is 17.7 Å². The molecule has 2 aliphatic heterocycles. The third-order valence-corrected chi connectivity index (χ3v) is 4.56. The van der Waals surface area contributed by atoms with E-state index in [1.807, 2.05) is 4.90 Å². The van der Waals surface area contributed by atoms with Crippen LogP contribution >= 0.6 is 0 Å². The molecule has 0 aliphatic carbocycles. The van der Waals surface area contributed by atoms with E-state index in [2.05, 4.69) is 4.40 Å². The molecule has 1 saturated heterocycles. The van der Waals surface area contributed by atoms with Gasteiger partial charge in [-0.3, -0.25) is 4.79 Å². The summed E-state index contributed by atoms with van der Waals surface area (Å²) in [7, 11) is -3.56. The normalized spacial score (nSPS) is 21.7. The molecule has 0 radical (unpaired) electrons. The molecule has 2 aliphatic rings. The summed E-state index contributed by atoms with van der Waals surface area (Å²) in [5, 5.41) is 0. The Morgan fingerprint density at radius 1 is 1.11 bits per heavy atom. The number of sulfonamides is 1. The van der Waals surface area contributed by atoms with E-state index in [0.29, 0.717) is 37.3 Å². The first-order valence-electron chi connectivity index (χ1n) is 5.79. The number of fused-ring (bicyclic) bond motifs is 1. The maximum Gasteiger partial charge on any atom is 0.285 e. The fraction of sp³-hybridized carbons (Fsp3) is 0.333.